The van der Waals surface area contributed by atoms with Crippen LogP contribution in [0.4, 0.5) is 0 Å². The van der Waals surface area contributed by atoms with Crippen molar-refractivity contribution in [1.29, 1.82) is 0 Å². The van der Waals surface area contributed by atoms with Crippen LogP contribution < -0.4 is 5.32 Å². The van der Waals surface area contributed by atoms with E-state index in [1.165, 1.54) is 19.3 Å². The van der Waals surface area contributed by atoms with Crippen LogP contribution in [0.15, 0.2) is 6.20 Å². The van der Waals surface area contributed by atoms with E-state index in [2.05, 4.69) is 29.5 Å². The molecule has 1 aliphatic rings. The number of ether oxygens (including phenoxy) is 1. The van der Waals surface area contributed by atoms with Crippen LogP contribution in [0.25, 0.3) is 0 Å². The first kappa shape index (κ1) is 15.4. The molecule has 1 heterocycles. The molecular formula is C15H28N4O. The summed E-state index contributed by atoms with van der Waals surface area (Å²) in [6.45, 7) is 6.04. The van der Waals surface area contributed by atoms with Crippen molar-refractivity contribution in [3.05, 3.63) is 11.9 Å². The Morgan fingerprint density at radius 1 is 1.35 bits per heavy atom. The van der Waals surface area contributed by atoms with E-state index in [4.69, 9.17) is 4.74 Å². The molecule has 0 aliphatic heterocycles. The van der Waals surface area contributed by atoms with E-state index in [0.717, 1.165) is 38.1 Å². The van der Waals surface area contributed by atoms with E-state index in [-0.39, 0.29) is 11.6 Å². The zero-order chi connectivity index (χ0) is 14.4. The Kier molecular flexibility index (Phi) is 5.54. The first-order valence-corrected chi connectivity index (χ1v) is 7.95. The van der Waals surface area contributed by atoms with Crippen LogP contribution in [0.3, 0.4) is 0 Å². The predicted molar refractivity (Wildman–Crippen MR) is 79.5 cm³/mol. The molecule has 0 bridgehead atoms. The van der Waals surface area contributed by atoms with Gasteiger partial charge in [0.05, 0.1) is 23.5 Å². The molecule has 0 saturated heterocycles. The van der Waals surface area contributed by atoms with Gasteiger partial charge in [0.25, 0.3) is 0 Å². The predicted octanol–water partition coefficient (Wildman–Crippen LogP) is 2.60. The minimum atomic E-state index is -0.0996. The molecule has 1 atom stereocenters. The van der Waals surface area contributed by atoms with Gasteiger partial charge in [0.1, 0.15) is 0 Å². The lowest BCUT2D eigenvalue weighted by Crippen LogP contribution is -2.48. The van der Waals surface area contributed by atoms with Gasteiger partial charge in [0, 0.05) is 13.7 Å². The van der Waals surface area contributed by atoms with Gasteiger partial charge in [-0.1, -0.05) is 31.4 Å². The molecule has 20 heavy (non-hydrogen) atoms. The van der Waals surface area contributed by atoms with E-state index < -0.39 is 0 Å². The third kappa shape index (κ3) is 3.20. The summed E-state index contributed by atoms with van der Waals surface area (Å²) in [5.41, 5.74) is 1.03. The number of nitrogens with one attached hydrogen (secondary N) is 1. The molecule has 1 saturated carbocycles. The van der Waals surface area contributed by atoms with Crippen LogP contribution in [0.2, 0.25) is 0 Å². The van der Waals surface area contributed by atoms with Gasteiger partial charge in [-0.15, -0.1) is 5.10 Å². The number of hydrogen-bond donors (Lipinski definition) is 1. The second-order valence-electron chi connectivity index (χ2n) is 5.73. The number of rotatable bonds is 7. The summed E-state index contributed by atoms with van der Waals surface area (Å²) in [7, 11) is 1.96. The Balaban J connectivity index is 2.29. The monoisotopic (exact) mass is 280 g/mol. The summed E-state index contributed by atoms with van der Waals surface area (Å²) in [6, 6.07) is 0.183. The number of nitrogens with zero attached hydrogens (tertiary/aromatic N) is 3. The smallest absolute Gasteiger partial charge is 0.0892 e. The first-order chi connectivity index (χ1) is 9.73. The summed E-state index contributed by atoms with van der Waals surface area (Å²) in [5.74, 6) is 0. The van der Waals surface area contributed by atoms with E-state index in [9.17, 15) is 0 Å². The summed E-state index contributed by atoms with van der Waals surface area (Å²) in [6.07, 6.45) is 9.04. The van der Waals surface area contributed by atoms with Gasteiger partial charge in [-0.05, 0) is 32.7 Å². The standard InChI is InChI=1S/C15H28N4O/c1-4-11-16-14(13-12-17-18-19(13)3)15(20-5-2)9-7-6-8-10-15/h12,14,16H,4-11H2,1-3H3. The SMILES string of the molecule is CCCNC(c1cnnn1C)C1(OCC)CCCCC1. The Morgan fingerprint density at radius 3 is 2.65 bits per heavy atom. The average Bonchev–Trinajstić information content (AvgIpc) is 2.87. The third-order valence-electron chi connectivity index (χ3n) is 4.30. The average molecular weight is 280 g/mol. The third-order valence-corrected chi connectivity index (χ3v) is 4.30. The molecule has 114 valence electrons. The Morgan fingerprint density at radius 2 is 2.10 bits per heavy atom. The maximum absolute atomic E-state index is 6.28. The lowest BCUT2D eigenvalue weighted by Gasteiger charge is -2.43. The second kappa shape index (κ2) is 7.18. The molecule has 0 radical (unpaired) electrons. The quantitative estimate of drug-likeness (QED) is 0.834. The summed E-state index contributed by atoms with van der Waals surface area (Å²) in [4.78, 5) is 0. The number of aromatic nitrogens is 3. The molecule has 0 aromatic carbocycles. The molecule has 1 aromatic rings. The molecule has 1 aliphatic carbocycles. The molecule has 1 aromatic heterocycles. The maximum atomic E-state index is 6.28. The minimum Gasteiger partial charge on any atom is -0.373 e. The molecule has 1 fully saturated rings. The Hall–Kier alpha value is -0.940. The summed E-state index contributed by atoms with van der Waals surface area (Å²) >= 11 is 0. The highest BCUT2D eigenvalue weighted by atomic mass is 16.5. The topological polar surface area (TPSA) is 52.0 Å². The van der Waals surface area contributed by atoms with Crippen molar-refractivity contribution < 1.29 is 4.74 Å². The van der Waals surface area contributed by atoms with Crippen LogP contribution in [-0.4, -0.2) is 33.7 Å². The highest BCUT2D eigenvalue weighted by Crippen LogP contribution is 2.41. The van der Waals surface area contributed by atoms with Crippen LogP contribution in [0.5, 0.6) is 0 Å². The van der Waals surface area contributed by atoms with Crippen molar-refractivity contribution in [2.45, 2.75) is 64.0 Å². The molecule has 0 spiro atoms. The lowest BCUT2D eigenvalue weighted by molar-refractivity contribution is -0.0927. The van der Waals surface area contributed by atoms with E-state index in [1.54, 1.807) is 0 Å². The fraction of sp³-hybridized carbons (Fsp3) is 0.867. The van der Waals surface area contributed by atoms with E-state index in [1.807, 2.05) is 17.9 Å². The molecule has 2 rings (SSSR count). The van der Waals surface area contributed by atoms with Crippen LogP contribution in [0, 0.1) is 0 Å². The van der Waals surface area contributed by atoms with Gasteiger partial charge in [0.15, 0.2) is 0 Å². The fourth-order valence-corrected chi connectivity index (χ4v) is 3.36. The second-order valence-corrected chi connectivity index (χ2v) is 5.73. The lowest BCUT2D eigenvalue weighted by atomic mass is 9.78. The molecular weight excluding hydrogens is 252 g/mol. The van der Waals surface area contributed by atoms with Crippen molar-refractivity contribution in [2.24, 2.45) is 7.05 Å². The van der Waals surface area contributed by atoms with Crippen molar-refractivity contribution in [3.8, 4) is 0 Å². The van der Waals surface area contributed by atoms with Gasteiger partial charge in [-0.2, -0.15) is 0 Å². The van der Waals surface area contributed by atoms with Gasteiger partial charge < -0.3 is 10.1 Å². The Bertz CT molecular complexity index is 393. The highest BCUT2D eigenvalue weighted by Gasteiger charge is 2.42. The van der Waals surface area contributed by atoms with Gasteiger partial charge in [0.2, 0.25) is 0 Å². The molecule has 1 unspecified atom stereocenters. The maximum Gasteiger partial charge on any atom is 0.0892 e. The summed E-state index contributed by atoms with van der Waals surface area (Å²) in [5, 5.41) is 11.8. The van der Waals surface area contributed by atoms with Gasteiger partial charge in [-0.3, -0.25) is 4.68 Å². The molecule has 0 amide bonds. The van der Waals surface area contributed by atoms with Crippen LogP contribution >= 0.6 is 0 Å². The fourth-order valence-electron chi connectivity index (χ4n) is 3.36. The van der Waals surface area contributed by atoms with Crippen molar-refractivity contribution in [1.82, 2.24) is 20.3 Å². The molecule has 5 heteroatoms. The molecule has 1 N–H and O–H groups in total. The van der Waals surface area contributed by atoms with Crippen molar-refractivity contribution in [2.75, 3.05) is 13.2 Å². The zero-order valence-corrected chi connectivity index (χ0v) is 13.1. The van der Waals surface area contributed by atoms with Crippen LogP contribution in [0.1, 0.15) is 64.1 Å². The van der Waals surface area contributed by atoms with E-state index in [0.29, 0.717) is 0 Å². The summed E-state index contributed by atoms with van der Waals surface area (Å²) < 4.78 is 8.15. The van der Waals surface area contributed by atoms with Gasteiger partial charge in [-0.25, -0.2) is 0 Å². The Labute approximate surface area is 122 Å². The largest absolute Gasteiger partial charge is 0.373 e. The number of hydrogen-bond acceptors (Lipinski definition) is 4. The zero-order valence-electron chi connectivity index (χ0n) is 13.1. The normalized spacial score (nSPS) is 19.9. The van der Waals surface area contributed by atoms with Crippen molar-refractivity contribution >= 4 is 0 Å². The van der Waals surface area contributed by atoms with Crippen LogP contribution in [-0.2, 0) is 11.8 Å². The number of aryl methyl sites for hydroxylation is 1. The van der Waals surface area contributed by atoms with Gasteiger partial charge >= 0.3 is 0 Å². The first-order valence-electron chi connectivity index (χ1n) is 7.95. The van der Waals surface area contributed by atoms with E-state index >= 15 is 0 Å². The van der Waals surface area contributed by atoms with Crippen molar-refractivity contribution in [3.63, 3.8) is 0 Å². The molecule has 5 nitrogen and oxygen atoms in total. The highest BCUT2D eigenvalue weighted by molar-refractivity contribution is 5.11. The minimum absolute atomic E-state index is 0.0996.